The van der Waals surface area contributed by atoms with E-state index >= 15 is 0 Å². The number of terminal acetylenes is 1. The SMILES string of the molecule is C#Cc1nccc(-c2ccccc2)c1C(N)=O. The molecule has 1 aromatic heterocycles. The average Bonchev–Trinajstić information content (AvgIpc) is 2.38. The van der Waals surface area contributed by atoms with Gasteiger partial charge in [0.1, 0.15) is 5.69 Å². The Balaban J connectivity index is 2.71. The van der Waals surface area contributed by atoms with E-state index in [1.54, 1.807) is 12.3 Å². The molecule has 0 saturated heterocycles. The molecule has 2 aromatic rings. The lowest BCUT2D eigenvalue weighted by atomic mass is 9.99. The number of benzene rings is 1. The highest BCUT2D eigenvalue weighted by molar-refractivity contribution is 6.01. The van der Waals surface area contributed by atoms with Crippen LogP contribution < -0.4 is 5.73 Å². The van der Waals surface area contributed by atoms with Gasteiger partial charge in [-0.1, -0.05) is 30.3 Å². The molecule has 0 aliphatic heterocycles. The van der Waals surface area contributed by atoms with Gasteiger partial charge in [-0.05, 0) is 23.1 Å². The molecule has 1 heterocycles. The number of primary amides is 1. The largest absolute Gasteiger partial charge is 0.365 e. The van der Waals surface area contributed by atoms with Crippen molar-refractivity contribution in [2.24, 2.45) is 5.73 Å². The molecule has 82 valence electrons. The van der Waals surface area contributed by atoms with Crippen molar-refractivity contribution >= 4 is 5.91 Å². The van der Waals surface area contributed by atoms with Crippen LogP contribution in [0.5, 0.6) is 0 Å². The van der Waals surface area contributed by atoms with Crippen molar-refractivity contribution in [3.63, 3.8) is 0 Å². The number of amides is 1. The second-order valence-corrected chi connectivity index (χ2v) is 3.46. The summed E-state index contributed by atoms with van der Waals surface area (Å²) in [5.41, 5.74) is 7.52. The van der Waals surface area contributed by atoms with E-state index < -0.39 is 5.91 Å². The molecular formula is C14H10N2O. The van der Waals surface area contributed by atoms with Crippen LogP contribution in [-0.4, -0.2) is 10.9 Å². The fraction of sp³-hybridized carbons (Fsp3) is 0. The highest BCUT2D eigenvalue weighted by Gasteiger charge is 2.14. The summed E-state index contributed by atoms with van der Waals surface area (Å²) in [6, 6.07) is 11.2. The lowest BCUT2D eigenvalue weighted by molar-refractivity contribution is 0.100. The Morgan fingerprint density at radius 1 is 1.24 bits per heavy atom. The van der Waals surface area contributed by atoms with Crippen molar-refractivity contribution < 1.29 is 4.79 Å². The monoisotopic (exact) mass is 222 g/mol. The first kappa shape index (κ1) is 10.9. The fourth-order valence-electron chi connectivity index (χ4n) is 1.68. The van der Waals surface area contributed by atoms with E-state index in [0.29, 0.717) is 11.1 Å². The van der Waals surface area contributed by atoms with Crippen LogP contribution in [0.15, 0.2) is 42.6 Å². The molecule has 0 aliphatic rings. The number of nitrogens with two attached hydrogens (primary N) is 1. The average molecular weight is 222 g/mol. The molecule has 1 amide bonds. The smallest absolute Gasteiger partial charge is 0.252 e. The summed E-state index contributed by atoms with van der Waals surface area (Å²) in [6.07, 6.45) is 6.89. The van der Waals surface area contributed by atoms with Crippen LogP contribution >= 0.6 is 0 Å². The molecule has 0 unspecified atom stereocenters. The van der Waals surface area contributed by atoms with Gasteiger partial charge in [0.2, 0.25) is 0 Å². The number of hydrogen-bond acceptors (Lipinski definition) is 2. The van der Waals surface area contributed by atoms with E-state index in [0.717, 1.165) is 5.56 Å². The summed E-state index contributed by atoms with van der Waals surface area (Å²) in [7, 11) is 0. The van der Waals surface area contributed by atoms with Gasteiger partial charge in [-0.15, -0.1) is 6.42 Å². The summed E-state index contributed by atoms with van der Waals surface area (Å²) in [6.45, 7) is 0. The Labute approximate surface area is 99.3 Å². The number of rotatable bonds is 2. The van der Waals surface area contributed by atoms with Crippen LogP contribution in [0.1, 0.15) is 16.1 Å². The minimum atomic E-state index is -0.565. The molecule has 0 bridgehead atoms. The van der Waals surface area contributed by atoms with Gasteiger partial charge in [0.25, 0.3) is 5.91 Å². The Hall–Kier alpha value is -2.60. The molecule has 3 nitrogen and oxygen atoms in total. The van der Waals surface area contributed by atoms with Gasteiger partial charge in [0.05, 0.1) is 5.56 Å². The van der Waals surface area contributed by atoms with Crippen molar-refractivity contribution in [1.29, 1.82) is 0 Å². The molecule has 0 atom stereocenters. The maximum Gasteiger partial charge on any atom is 0.252 e. The summed E-state index contributed by atoms with van der Waals surface area (Å²) in [5.74, 6) is 1.81. The first-order valence-electron chi connectivity index (χ1n) is 5.05. The van der Waals surface area contributed by atoms with Crippen LogP contribution in [0.4, 0.5) is 0 Å². The molecule has 1 aromatic carbocycles. The highest BCUT2D eigenvalue weighted by Crippen LogP contribution is 2.24. The van der Waals surface area contributed by atoms with Gasteiger partial charge >= 0.3 is 0 Å². The summed E-state index contributed by atoms with van der Waals surface area (Å²) in [4.78, 5) is 15.4. The third-order valence-electron chi connectivity index (χ3n) is 2.42. The minimum Gasteiger partial charge on any atom is -0.365 e. The number of carbonyl (C=O) groups excluding carboxylic acids is 1. The molecule has 0 fully saturated rings. The molecule has 17 heavy (non-hydrogen) atoms. The predicted octanol–water partition coefficient (Wildman–Crippen LogP) is 1.83. The first-order chi connectivity index (χ1) is 8.24. The molecule has 0 radical (unpaired) electrons. The van der Waals surface area contributed by atoms with Gasteiger partial charge < -0.3 is 5.73 Å². The van der Waals surface area contributed by atoms with Gasteiger partial charge in [0.15, 0.2) is 0 Å². The molecule has 0 saturated carbocycles. The molecule has 0 spiro atoms. The van der Waals surface area contributed by atoms with Crippen LogP contribution in [0, 0.1) is 12.3 Å². The van der Waals surface area contributed by atoms with E-state index in [9.17, 15) is 4.79 Å². The molecule has 2 rings (SSSR count). The second kappa shape index (κ2) is 4.50. The van der Waals surface area contributed by atoms with Crippen LogP contribution in [-0.2, 0) is 0 Å². The van der Waals surface area contributed by atoms with Crippen LogP contribution in [0.25, 0.3) is 11.1 Å². The highest BCUT2D eigenvalue weighted by atomic mass is 16.1. The Kier molecular flexibility index (Phi) is 2.89. The van der Waals surface area contributed by atoms with E-state index in [1.165, 1.54) is 0 Å². The quantitative estimate of drug-likeness (QED) is 0.788. The summed E-state index contributed by atoms with van der Waals surface area (Å²) < 4.78 is 0. The van der Waals surface area contributed by atoms with Gasteiger partial charge in [-0.25, -0.2) is 4.98 Å². The van der Waals surface area contributed by atoms with Crippen molar-refractivity contribution in [3.05, 3.63) is 53.9 Å². The van der Waals surface area contributed by atoms with E-state index in [-0.39, 0.29) is 5.69 Å². The number of aromatic nitrogens is 1. The molecule has 2 N–H and O–H groups in total. The third kappa shape index (κ3) is 2.01. The first-order valence-corrected chi connectivity index (χ1v) is 5.05. The van der Waals surface area contributed by atoms with Gasteiger partial charge in [0, 0.05) is 6.20 Å². The summed E-state index contributed by atoms with van der Waals surface area (Å²) in [5, 5.41) is 0. The zero-order valence-electron chi connectivity index (χ0n) is 9.05. The molecular weight excluding hydrogens is 212 g/mol. The maximum absolute atomic E-state index is 11.5. The van der Waals surface area contributed by atoms with Gasteiger partial charge in [-0.3, -0.25) is 4.79 Å². The zero-order valence-corrected chi connectivity index (χ0v) is 9.05. The third-order valence-corrected chi connectivity index (χ3v) is 2.42. The standard InChI is InChI=1S/C14H10N2O/c1-2-12-13(14(15)17)11(8-9-16-12)10-6-4-3-5-7-10/h1,3-9H,(H2,15,17). The number of hydrogen-bond donors (Lipinski definition) is 1. The van der Waals surface area contributed by atoms with E-state index in [1.807, 2.05) is 30.3 Å². The van der Waals surface area contributed by atoms with Crippen molar-refractivity contribution in [2.75, 3.05) is 0 Å². The number of carbonyl (C=O) groups is 1. The Morgan fingerprint density at radius 3 is 2.53 bits per heavy atom. The lowest BCUT2D eigenvalue weighted by Gasteiger charge is -2.08. The Morgan fingerprint density at radius 2 is 1.94 bits per heavy atom. The van der Waals surface area contributed by atoms with Crippen LogP contribution in [0.2, 0.25) is 0 Å². The minimum absolute atomic E-state index is 0.277. The van der Waals surface area contributed by atoms with E-state index in [2.05, 4.69) is 10.9 Å². The van der Waals surface area contributed by atoms with Crippen LogP contribution in [0.3, 0.4) is 0 Å². The maximum atomic E-state index is 11.5. The van der Waals surface area contributed by atoms with Crippen molar-refractivity contribution in [2.45, 2.75) is 0 Å². The zero-order chi connectivity index (χ0) is 12.3. The fourth-order valence-corrected chi connectivity index (χ4v) is 1.68. The molecule has 3 heteroatoms. The normalized spacial score (nSPS) is 9.59. The van der Waals surface area contributed by atoms with Gasteiger partial charge in [-0.2, -0.15) is 0 Å². The van der Waals surface area contributed by atoms with E-state index in [4.69, 9.17) is 12.2 Å². The topological polar surface area (TPSA) is 56.0 Å². The summed E-state index contributed by atoms with van der Waals surface area (Å²) >= 11 is 0. The predicted molar refractivity (Wildman–Crippen MR) is 66.1 cm³/mol. The Bertz CT molecular complexity index is 597. The lowest BCUT2D eigenvalue weighted by Crippen LogP contribution is -2.15. The number of pyridine rings is 1. The number of nitrogens with zero attached hydrogens (tertiary/aromatic N) is 1. The van der Waals surface area contributed by atoms with Crippen molar-refractivity contribution in [3.8, 4) is 23.5 Å². The second-order valence-electron chi connectivity index (χ2n) is 3.46. The van der Waals surface area contributed by atoms with Crippen molar-refractivity contribution in [1.82, 2.24) is 4.98 Å². The molecule has 0 aliphatic carbocycles.